The van der Waals surface area contributed by atoms with Crippen LogP contribution < -0.4 is 0 Å². The summed E-state index contributed by atoms with van der Waals surface area (Å²) in [5.74, 6) is -1.07. The van der Waals surface area contributed by atoms with Gasteiger partial charge in [-0.1, -0.05) is 42.0 Å². The predicted molar refractivity (Wildman–Crippen MR) is 83.1 cm³/mol. The van der Waals surface area contributed by atoms with Gasteiger partial charge >= 0.3 is 5.97 Å². The Labute approximate surface area is 130 Å². The molecule has 1 aromatic carbocycles. The highest BCUT2D eigenvalue weighted by Gasteiger charge is 2.34. The van der Waals surface area contributed by atoms with Crippen molar-refractivity contribution in [2.75, 3.05) is 13.7 Å². The first-order valence-electron chi connectivity index (χ1n) is 7.25. The van der Waals surface area contributed by atoms with Crippen LogP contribution in [0.1, 0.15) is 18.9 Å². The molecule has 4 nitrogen and oxygen atoms in total. The van der Waals surface area contributed by atoms with Gasteiger partial charge in [-0.15, -0.1) is 0 Å². The van der Waals surface area contributed by atoms with Crippen LogP contribution in [0.4, 0.5) is 0 Å². The van der Waals surface area contributed by atoms with Crippen LogP contribution in [0.2, 0.25) is 0 Å². The molecule has 0 bridgehead atoms. The molecule has 0 spiro atoms. The summed E-state index contributed by atoms with van der Waals surface area (Å²) in [7, 11) is 1.33. The third kappa shape index (κ3) is 3.92. The third-order valence-corrected chi connectivity index (χ3v) is 3.58. The fraction of sp³-hybridized carbons (Fsp3) is 0.333. The highest BCUT2D eigenvalue weighted by molar-refractivity contribution is 6.12. The molecular formula is C18H20O4. The Morgan fingerprint density at radius 1 is 1.27 bits per heavy atom. The zero-order chi connectivity index (χ0) is 15.9. The van der Waals surface area contributed by atoms with E-state index in [-0.39, 0.29) is 5.78 Å². The predicted octanol–water partition coefficient (Wildman–Crippen LogP) is 2.84. The molecule has 1 atom stereocenters. The SMILES string of the molecule is COC(=O)C1C(C)=CC(=O)/C1=C\CCOCc1ccccc1. The van der Waals surface area contributed by atoms with Crippen molar-refractivity contribution < 1.29 is 19.1 Å². The van der Waals surface area contributed by atoms with Crippen LogP contribution in [0.15, 0.2) is 53.6 Å². The summed E-state index contributed by atoms with van der Waals surface area (Å²) in [6.07, 6.45) is 3.86. The Balaban J connectivity index is 1.86. The van der Waals surface area contributed by atoms with E-state index in [4.69, 9.17) is 9.47 Å². The average molecular weight is 300 g/mol. The van der Waals surface area contributed by atoms with Crippen molar-refractivity contribution >= 4 is 11.8 Å². The number of carbonyl (C=O) groups excluding carboxylic acids is 2. The van der Waals surface area contributed by atoms with Crippen molar-refractivity contribution in [3.8, 4) is 0 Å². The normalized spacial score (nSPS) is 19.4. The second-order valence-electron chi connectivity index (χ2n) is 5.20. The van der Waals surface area contributed by atoms with Crippen molar-refractivity contribution in [2.45, 2.75) is 20.0 Å². The van der Waals surface area contributed by atoms with E-state index in [2.05, 4.69) is 0 Å². The maximum absolute atomic E-state index is 11.9. The van der Waals surface area contributed by atoms with E-state index in [1.807, 2.05) is 30.3 Å². The molecule has 0 aromatic heterocycles. The molecule has 4 heteroatoms. The first-order valence-corrected chi connectivity index (χ1v) is 7.25. The second-order valence-corrected chi connectivity index (χ2v) is 5.20. The Hall–Kier alpha value is -2.20. The average Bonchev–Trinajstić information content (AvgIpc) is 2.81. The number of allylic oxidation sites excluding steroid dienone is 1. The van der Waals surface area contributed by atoms with Crippen LogP contribution in [0, 0.1) is 5.92 Å². The summed E-state index contributed by atoms with van der Waals surface area (Å²) in [6.45, 7) is 2.81. The highest BCUT2D eigenvalue weighted by atomic mass is 16.5. The zero-order valence-corrected chi connectivity index (χ0v) is 12.9. The topological polar surface area (TPSA) is 52.6 Å². The minimum absolute atomic E-state index is 0.115. The maximum atomic E-state index is 11.9. The van der Waals surface area contributed by atoms with Gasteiger partial charge < -0.3 is 9.47 Å². The van der Waals surface area contributed by atoms with Crippen LogP contribution in [0.3, 0.4) is 0 Å². The number of rotatable bonds is 6. The summed E-state index contributed by atoms with van der Waals surface area (Å²) >= 11 is 0. The molecule has 0 amide bonds. The van der Waals surface area contributed by atoms with E-state index >= 15 is 0 Å². The van der Waals surface area contributed by atoms with Crippen LogP contribution in [-0.4, -0.2) is 25.5 Å². The molecule has 0 radical (unpaired) electrons. The van der Waals surface area contributed by atoms with Crippen LogP contribution in [-0.2, 0) is 25.7 Å². The number of hydrogen-bond donors (Lipinski definition) is 0. The molecule has 0 fully saturated rings. The van der Waals surface area contributed by atoms with Gasteiger partial charge in [0.05, 0.1) is 20.3 Å². The molecule has 1 aliphatic rings. The monoisotopic (exact) mass is 300 g/mol. The molecule has 1 aliphatic carbocycles. The number of hydrogen-bond acceptors (Lipinski definition) is 4. The Morgan fingerprint density at radius 2 is 2.00 bits per heavy atom. The minimum Gasteiger partial charge on any atom is -0.468 e. The van der Waals surface area contributed by atoms with Gasteiger partial charge in [0.25, 0.3) is 0 Å². The molecule has 0 aliphatic heterocycles. The lowest BCUT2D eigenvalue weighted by molar-refractivity contribution is -0.143. The molecule has 0 saturated carbocycles. The fourth-order valence-corrected chi connectivity index (χ4v) is 2.47. The van der Waals surface area contributed by atoms with E-state index in [1.165, 1.54) is 13.2 Å². The first kappa shape index (κ1) is 16.2. The lowest BCUT2D eigenvalue weighted by Crippen LogP contribution is -2.18. The maximum Gasteiger partial charge on any atom is 0.317 e. The summed E-state index contributed by atoms with van der Waals surface area (Å²) < 4.78 is 10.3. The Kier molecular flexibility index (Phi) is 5.67. The van der Waals surface area contributed by atoms with E-state index in [0.717, 1.165) is 11.1 Å². The summed E-state index contributed by atoms with van der Waals surface area (Å²) in [6, 6.07) is 9.89. The molecule has 1 unspecified atom stereocenters. The van der Waals surface area contributed by atoms with Crippen molar-refractivity contribution in [2.24, 2.45) is 5.92 Å². The number of ketones is 1. The highest BCUT2D eigenvalue weighted by Crippen LogP contribution is 2.29. The first-order chi connectivity index (χ1) is 10.6. The standard InChI is InChI=1S/C18H20O4/c1-13-11-16(19)15(17(13)18(20)21-2)9-6-10-22-12-14-7-4-3-5-8-14/h3-5,7-9,11,17H,6,10,12H2,1-2H3/b15-9+. The van der Waals surface area contributed by atoms with E-state index < -0.39 is 11.9 Å². The van der Waals surface area contributed by atoms with Gasteiger partial charge in [0.2, 0.25) is 0 Å². The number of carbonyl (C=O) groups is 2. The summed E-state index contributed by atoms with van der Waals surface area (Å²) in [5, 5.41) is 0. The van der Waals surface area contributed by atoms with E-state index in [1.54, 1.807) is 13.0 Å². The van der Waals surface area contributed by atoms with Crippen molar-refractivity contribution in [3.05, 3.63) is 59.2 Å². The second kappa shape index (κ2) is 7.71. The van der Waals surface area contributed by atoms with Gasteiger partial charge in [-0.3, -0.25) is 9.59 Å². The molecular weight excluding hydrogens is 280 g/mol. The third-order valence-electron chi connectivity index (χ3n) is 3.58. The molecule has 0 saturated heterocycles. The van der Waals surface area contributed by atoms with Crippen LogP contribution in [0.25, 0.3) is 0 Å². The lowest BCUT2D eigenvalue weighted by atomic mass is 9.96. The molecule has 0 heterocycles. The van der Waals surface area contributed by atoms with Gasteiger partial charge in [-0.2, -0.15) is 0 Å². The number of ether oxygens (including phenoxy) is 2. The number of esters is 1. The van der Waals surface area contributed by atoms with Gasteiger partial charge in [0.1, 0.15) is 5.92 Å². The molecule has 2 rings (SSSR count). The molecule has 22 heavy (non-hydrogen) atoms. The minimum atomic E-state index is -0.563. The zero-order valence-electron chi connectivity index (χ0n) is 12.9. The van der Waals surface area contributed by atoms with E-state index in [9.17, 15) is 9.59 Å². The molecule has 0 N–H and O–H groups in total. The fourth-order valence-electron chi connectivity index (χ4n) is 2.47. The van der Waals surface area contributed by atoms with Crippen molar-refractivity contribution in [1.82, 2.24) is 0 Å². The van der Waals surface area contributed by atoms with Crippen LogP contribution >= 0.6 is 0 Å². The largest absolute Gasteiger partial charge is 0.468 e. The number of benzene rings is 1. The van der Waals surface area contributed by atoms with Crippen LogP contribution in [0.5, 0.6) is 0 Å². The Bertz CT molecular complexity index is 599. The summed E-state index contributed by atoms with van der Waals surface area (Å²) in [4.78, 5) is 23.7. The van der Waals surface area contributed by atoms with Gasteiger partial charge in [-0.05, 0) is 25.0 Å². The smallest absolute Gasteiger partial charge is 0.317 e. The van der Waals surface area contributed by atoms with Gasteiger partial charge in [-0.25, -0.2) is 0 Å². The number of methoxy groups -OCH3 is 1. The van der Waals surface area contributed by atoms with Crippen molar-refractivity contribution in [1.29, 1.82) is 0 Å². The van der Waals surface area contributed by atoms with E-state index in [0.29, 0.717) is 25.2 Å². The lowest BCUT2D eigenvalue weighted by Gasteiger charge is -2.11. The van der Waals surface area contributed by atoms with Crippen molar-refractivity contribution in [3.63, 3.8) is 0 Å². The Morgan fingerprint density at radius 3 is 2.68 bits per heavy atom. The van der Waals surface area contributed by atoms with Gasteiger partial charge in [0.15, 0.2) is 5.78 Å². The molecule has 116 valence electrons. The quantitative estimate of drug-likeness (QED) is 0.460. The van der Waals surface area contributed by atoms with Gasteiger partial charge in [0, 0.05) is 5.57 Å². The molecule has 1 aromatic rings. The summed E-state index contributed by atoms with van der Waals surface area (Å²) in [5.41, 5.74) is 2.33.